The molecule has 1 aliphatic heterocycles. The van der Waals surface area contributed by atoms with Gasteiger partial charge in [0.05, 0.1) is 0 Å². The summed E-state index contributed by atoms with van der Waals surface area (Å²) in [6, 6.07) is 20.5. The average Bonchev–Trinajstić information content (AvgIpc) is 2.78. The normalized spacial score (nSPS) is 22.2. The molecule has 0 saturated carbocycles. The van der Waals surface area contributed by atoms with Crippen LogP contribution in [-0.2, 0) is 10.7 Å². The molecule has 1 fully saturated rings. The summed E-state index contributed by atoms with van der Waals surface area (Å²) >= 11 is 0. The number of nitrogens with zero attached hydrogens (tertiary/aromatic N) is 2. The Kier molecular flexibility index (Phi) is 4.52. The summed E-state index contributed by atoms with van der Waals surface area (Å²) in [7, 11) is 2.10. The van der Waals surface area contributed by atoms with Crippen LogP contribution in [0.15, 0.2) is 60.7 Å². The van der Waals surface area contributed by atoms with E-state index >= 15 is 0 Å². The molecule has 0 amide bonds. The van der Waals surface area contributed by atoms with E-state index in [-0.39, 0.29) is 5.54 Å². The van der Waals surface area contributed by atoms with E-state index in [0.29, 0.717) is 0 Å². The predicted octanol–water partition coefficient (Wildman–Crippen LogP) is 4.82. The number of rotatable bonds is 4. The highest BCUT2D eigenvalue weighted by molar-refractivity contribution is 5.45. The molecule has 25 heavy (non-hydrogen) atoms. The fraction of sp³-hybridized carbons (Fsp3) is 0.455. The molecule has 0 N–H and O–H groups in total. The number of benzene rings is 2. The molecule has 3 nitrogen and oxygen atoms in total. The van der Waals surface area contributed by atoms with E-state index in [2.05, 4.69) is 63.9 Å². The van der Waals surface area contributed by atoms with Crippen LogP contribution >= 0.6 is 0 Å². The van der Waals surface area contributed by atoms with Crippen LogP contribution in [0, 0.1) is 0 Å². The summed E-state index contributed by atoms with van der Waals surface area (Å²) in [4.78, 5) is 2.30. The highest BCUT2D eigenvalue weighted by Crippen LogP contribution is 2.58. The molecule has 2 aromatic carbocycles. The molecule has 3 heteroatoms. The van der Waals surface area contributed by atoms with Crippen molar-refractivity contribution in [3.8, 4) is 0 Å². The lowest BCUT2D eigenvalue weighted by Crippen LogP contribution is -2.55. The van der Waals surface area contributed by atoms with Gasteiger partial charge in [0.15, 0.2) is 0 Å². The van der Waals surface area contributed by atoms with Gasteiger partial charge in [0.25, 0.3) is 0 Å². The van der Waals surface area contributed by atoms with Crippen molar-refractivity contribution in [1.82, 2.24) is 9.96 Å². The van der Waals surface area contributed by atoms with Gasteiger partial charge in [-0.25, -0.2) is 0 Å². The molecule has 1 saturated heterocycles. The van der Waals surface area contributed by atoms with Crippen LogP contribution in [0.5, 0.6) is 0 Å². The Morgan fingerprint density at radius 3 is 1.52 bits per heavy atom. The van der Waals surface area contributed by atoms with Gasteiger partial charge in [-0.2, -0.15) is 0 Å². The molecule has 0 atom stereocenters. The molecule has 2 aromatic rings. The van der Waals surface area contributed by atoms with Crippen LogP contribution in [0.4, 0.5) is 0 Å². The zero-order valence-corrected chi connectivity index (χ0v) is 16.0. The van der Waals surface area contributed by atoms with E-state index in [1.165, 1.54) is 5.06 Å². The molecule has 0 aliphatic carbocycles. The van der Waals surface area contributed by atoms with E-state index in [1.54, 1.807) is 0 Å². The van der Waals surface area contributed by atoms with Gasteiger partial charge in [0.1, 0.15) is 11.2 Å². The first-order valence-electron chi connectivity index (χ1n) is 9.22. The Bertz CT molecular complexity index is 668. The average molecular weight is 337 g/mol. The van der Waals surface area contributed by atoms with Crippen molar-refractivity contribution in [3.05, 3.63) is 71.8 Å². The molecular formula is C22H29N2O. The summed E-state index contributed by atoms with van der Waals surface area (Å²) in [5.41, 5.74) is 0.461. The number of hydrogen-bond donors (Lipinski definition) is 0. The Labute approximate surface area is 151 Å². The Morgan fingerprint density at radius 1 is 0.800 bits per heavy atom. The first kappa shape index (κ1) is 18.1. The van der Waals surface area contributed by atoms with Crippen LogP contribution in [0.3, 0.4) is 0 Å². The molecule has 1 heterocycles. The third-order valence-electron chi connectivity index (χ3n) is 6.55. The van der Waals surface area contributed by atoms with Crippen molar-refractivity contribution in [1.29, 1.82) is 0 Å². The van der Waals surface area contributed by atoms with E-state index in [1.807, 2.05) is 36.4 Å². The van der Waals surface area contributed by atoms with Crippen LogP contribution in [-0.4, -0.2) is 28.2 Å². The highest BCUT2D eigenvalue weighted by atomic mass is 16.5. The molecular weight excluding hydrogens is 308 g/mol. The molecule has 1 aliphatic rings. The number of hydroxylamine groups is 2. The van der Waals surface area contributed by atoms with Crippen LogP contribution in [0.2, 0.25) is 0 Å². The maximum atomic E-state index is 14.1. The monoisotopic (exact) mass is 337 g/mol. The van der Waals surface area contributed by atoms with Crippen molar-refractivity contribution in [2.24, 2.45) is 0 Å². The van der Waals surface area contributed by atoms with Crippen molar-refractivity contribution < 1.29 is 5.21 Å². The second kappa shape index (κ2) is 6.24. The lowest BCUT2D eigenvalue weighted by molar-refractivity contribution is -0.272. The van der Waals surface area contributed by atoms with Crippen LogP contribution in [0.25, 0.3) is 0 Å². The molecule has 0 bridgehead atoms. The van der Waals surface area contributed by atoms with E-state index < -0.39 is 11.2 Å². The van der Waals surface area contributed by atoms with Gasteiger partial charge in [-0.05, 0) is 44.9 Å². The smallest absolute Gasteiger partial charge is 0.119 e. The van der Waals surface area contributed by atoms with Gasteiger partial charge in [0, 0.05) is 5.54 Å². The molecule has 0 unspecified atom stereocenters. The molecule has 133 valence electrons. The topological polar surface area (TPSA) is 26.4 Å². The van der Waals surface area contributed by atoms with Crippen molar-refractivity contribution in [2.45, 2.75) is 57.3 Å². The Morgan fingerprint density at radius 2 is 1.20 bits per heavy atom. The number of hydrogen-bond acceptors (Lipinski definition) is 2. The zero-order valence-electron chi connectivity index (χ0n) is 16.0. The van der Waals surface area contributed by atoms with Gasteiger partial charge in [-0.3, -0.25) is 4.90 Å². The third-order valence-corrected chi connectivity index (χ3v) is 6.55. The Hall–Kier alpha value is -1.68. The van der Waals surface area contributed by atoms with Crippen molar-refractivity contribution >= 4 is 0 Å². The first-order valence-corrected chi connectivity index (χ1v) is 9.22. The largest absolute Gasteiger partial charge is 0.279 e. The quantitative estimate of drug-likeness (QED) is 0.800. The summed E-state index contributed by atoms with van der Waals surface area (Å²) in [6.45, 7) is 8.63. The fourth-order valence-electron chi connectivity index (χ4n) is 4.94. The predicted molar refractivity (Wildman–Crippen MR) is 101 cm³/mol. The summed E-state index contributed by atoms with van der Waals surface area (Å²) < 4.78 is 0. The summed E-state index contributed by atoms with van der Waals surface area (Å²) in [5, 5.41) is 15.5. The summed E-state index contributed by atoms with van der Waals surface area (Å²) in [5.74, 6) is 0. The lowest BCUT2D eigenvalue weighted by Gasteiger charge is -2.45. The highest BCUT2D eigenvalue weighted by Gasteiger charge is 2.68. The van der Waals surface area contributed by atoms with Gasteiger partial charge in [-0.15, -0.1) is 10.3 Å². The lowest BCUT2D eigenvalue weighted by atomic mass is 9.70. The molecule has 3 rings (SSSR count). The van der Waals surface area contributed by atoms with E-state index in [0.717, 1.165) is 24.0 Å². The van der Waals surface area contributed by atoms with Gasteiger partial charge < -0.3 is 0 Å². The number of likely N-dealkylation sites (N-methyl/N-ethyl adjacent to an activating group) is 1. The third kappa shape index (κ3) is 2.16. The first-order chi connectivity index (χ1) is 11.9. The van der Waals surface area contributed by atoms with Crippen molar-refractivity contribution in [3.63, 3.8) is 0 Å². The van der Waals surface area contributed by atoms with Crippen LogP contribution in [0.1, 0.15) is 51.7 Å². The van der Waals surface area contributed by atoms with Gasteiger partial charge in [0.2, 0.25) is 0 Å². The van der Waals surface area contributed by atoms with Crippen molar-refractivity contribution in [2.75, 3.05) is 7.05 Å². The minimum Gasteiger partial charge on any atom is -0.279 e. The maximum absolute atomic E-state index is 14.1. The SMILES string of the molecule is CCC1(CC)N(C)C(C)(C)C(c2ccccc2)(c2ccccc2)N1[O]. The fourth-order valence-corrected chi connectivity index (χ4v) is 4.94. The van der Waals surface area contributed by atoms with Gasteiger partial charge in [-0.1, -0.05) is 74.5 Å². The van der Waals surface area contributed by atoms with Crippen LogP contribution < -0.4 is 0 Å². The standard InChI is InChI=1S/C22H29N2O/c1-6-21(7-2)23(5)20(3,4)22(24(21)25,18-14-10-8-11-15-18)19-16-12-9-13-17-19/h8-17H,6-7H2,1-5H3. The summed E-state index contributed by atoms with van der Waals surface area (Å²) in [6.07, 6.45) is 1.57. The Balaban J connectivity index is 2.39. The minimum absolute atomic E-state index is 0.372. The van der Waals surface area contributed by atoms with E-state index in [9.17, 15) is 5.21 Å². The van der Waals surface area contributed by atoms with E-state index in [4.69, 9.17) is 0 Å². The second-order valence-electron chi connectivity index (χ2n) is 7.54. The molecule has 0 spiro atoms. The maximum Gasteiger partial charge on any atom is 0.119 e. The molecule has 1 radical (unpaired) electrons. The second-order valence-corrected chi connectivity index (χ2v) is 7.54. The minimum atomic E-state index is -0.754. The van der Waals surface area contributed by atoms with Gasteiger partial charge >= 0.3 is 0 Å². The zero-order chi connectivity index (χ0) is 18.3. The molecule has 0 aromatic heterocycles.